The second kappa shape index (κ2) is 5.87. The number of rotatable bonds is 2. The Balaban J connectivity index is 3.24. The van der Waals surface area contributed by atoms with E-state index < -0.39 is 22.4 Å². The highest BCUT2D eigenvalue weighted by Crippen LogP contribution is 2.32. The minimum Gasteiger partial charge on any atom is -0.258 e. The molecule has 0 N–H and O–H groups in total. The van der Waals surface area contributed by atoms with E-state index in [4.69, 9.17) is 0 Å². The molecular formula is C11H7BrF3NO2. The van der Waals surface area contributed by atoms with Gasteiger partial charge in [0.25, 0.3) is 5.69 Å². The number of benzene rings is 1. The Labute approximate surface area is 109 Å². The maximum absolute atomic E-state index is 12.5. The van der Waals surface area contributed by atoms with Crippen LogP contribution in [0.4, 0.5) is 18.9 Å². The monoisotopic (exact) mass is 321 g/mol. The van der Waals surface area contributed by atoms with Crippen LogP contribution in [-0.2, 0) is 6.18 Å². The molecule has 0 aliphatic carbocycles. The first-order valence-corrected chi connectivity index (χ1v) is 5.88. The van der Waals surface area contributed by atoms with Gasteiger partial charge in [-0.3, -0.25) is 10.1 Å². The average Bonchev–Trinajstić information content (AvgIpc) is 2.28. The third-order valence-corrected chi connectivity index (χ3v) is 2.30. The molecule has 0 saturated carbocycles. The fourth-order valence-electron chi connectivity index (χ4n) is 1.16. The molecule has 96 valence electrons. The van der Waals surface area contributed by atoms with Gasteiger partial charge in [-0.05, 0) is 6.07 Å². The van der Waals surface area contributed by atoms with Crippen LogP contribution >= 0.6 is 15.9 Å². The lowest BCUT2D eigenvalue weighted by molar-refractivity contribution is -0.385. The molecule has 0 unspecified atom stereocenters. The van der Waals surface area contributed by atoms with E-state index in [0.29, 0.717) is 17.8 Å². The summed E-state index contributed by atoms with van der Waals surface area (Å²) in [5.41, 5.74) is -1.70. The number of halogens is 4. The van der Waals surface area contributed by atoms with E-state index in [9.17, 15) is 23.3 Å². The highest BCUT2D eigenvalue weighted by atomic mass is 79.9. The molecule has 0 radical (unpaired) electrons. The predicted molar refractivity (Wildman–Crippen MR) is 63.4 cm³/mol. The number of nitrogens with zero attached hydrogens (tertiary/aromatic N) is 1. The van der Waals surface area contributed by atoms with Gasteiger partial charge in [0.15, 0.2) is 0 Å². The first-order valence-electron chi connectivity index (χ1n) is 4.76. The zero-order valence-electron chi connectivity index (χ0n) is 8.92. The van der Waals surface area contributed by atoms with E-state index in [1.807, 2.05) is 0 Å². The van der Waals surface area contributed by atoms with Gasteiger partial charge in [-0.15, -0.1) is 0 Å². The van der Waals surface area contributed by atoms with Gasteiger partial charge in [-0.25, -0.2) is 0 Å². The highest BCUT2D eigenvalue weighted by Gasteiger charge is 2.32. The van der Waals surface area contributed by atoms with Gasteiger partial charge in [0, 0.05) is 29.4 Å². The lowest BCUT2D eigenvalue weighted by Gasteiger charge is -2.06. The van der Waals surface area contributed by atoms with E-state index >= 15 is 0 Å². The van der Waals surface area contributed by atoms with Crippen LogP contribution < -0.4 is 0 Å². The molecular weight excluding hydrogens is 315 g/mol. The molecule has 0 bridgehead atoms. The fourth-order valence-corrected chi connectivity index (χ4v) is 1.36. The maximum Gasteiger partial charge on any atom is 0.416 e. The second-order valence-corrected chi connectivity index (χ2v) is 4.06. The number of hydrogen-bond donors (Lipinski definition) is 0. The molecule has 0 saturated heterocycles. The van der Waals surface area contributed by atoms with Crippen LogP contribution in [0, 0.1) is 22.0 Å². The molecule has 0 aliphatic rings. The number of nitro benzene ring substituents is 1. The van der Waals surface area contributed by atoms with Crippen molar-refractivity contribution in [2.75, 3.05) is 5.33 Å². The minimum absolute atomic E-state index is 0.0162. The quantitative estimate of drug-likeness (QED) is 0.360. The SMILES string of the molecule is O=[N+]([O-])c1cc(C#CCCBr)cc(C(F)(F)F)c1. The molecule has 0 aliphatic heterocycles. The molecule has 1 rings (SSSR count). The van der Waals surface area contributed by atoms with Crippen molar-refractivity contribution in [3.8, 4) is 11.8 Å². The van der Waals surface area contributed by atoms with Gasteiger partial charge < -0.3 is 0 Å². The van der Waals surface area contributed by atoms with Crippen molar-refractivity contribution < 1.29 is 18.1 Å². The first kappa shape index (κ1) is 14.5. The summed E-state index contributed by atoms with van der Waals surface area (Å²) in [5.74, 6) is 5.08. The van der Waals surface area contributed by atoms with Crippen LogP contribution in [-0.4, -0.2) is 10.3 Å². The highest BCUT2D eigenvalue weighted by molar-refractivity contribution is 9.09. The summed E-state index contributed by atoms with van der Waals surface area (Å²) in [6.45, 7) is 0. The number of hydrogen-bond acceptors (Lipinski definition) is 2. The summed E-state index contributed by atoms with van der Waals surface area (Å²) < 4.78 is 37.6. The molecule has 0 spiro atoms. The molecule has 7 heteroatoms. The second-order valence-electron chi connectivity index (χ2n) is 3.26. The zero-order chi connectivity index (χ0) is 13.8. The third-order valence-electron chi connectivity index (χ3n) is 1.91. The zero-order valence-corrected chi connectivity index (χ0v) is 10.5. The molecule has 0 fully saturated rings. The predicted octanol–water partition coefficient (Wildman–Crippen LogP) is 3.75. The largest absolute Gasteiger partial charge is 0.416 e. The number of non-ortho nitro benzene ring substituents is 1. The van der Waals surface area contributed by atoms with Crippen LogP contribution in [0.3, 0.4) is 0 Å². The Kier molecular flexibility index (Phi) is 4.73. The van der Waals surface area contributed by atoms with Crippen LogP contribution in [0.15, 0.2) is 18.2 Å². The summed E-state index contributed by atoms with van der Waals surface area (Å²) in [6, 6.07) is 2.32. The summed E-state index contributed by atoms with van der Waals surface area (Å²) in [4.78, 5) is 9.67. The maximum atomic E-state index is 12.5. The first-order chi connectivity index (χ1) is 8.34. The van der Waals surface area contributed by atoms with Crippen LogP contribution in [0.2, 0.25) is 0 Å². The Hall–Kier alpha value is -1.55. The fraction of sp³-hybridized carbons (Fsp3) is 0.273. The average molecular weight is 322 g/mol. The molecule has 0 heterocycles. The van der Waals surface area contributed by atoms with Gasteiger partial charge in [0.05, 0.1) is 10.5 Å². The molecule has 3 nitrogen and oxygen atoms in total. The van der Waals surface area contributed by atoms with Gasteiger partial charge >= 0.3 is 6.18 Å². The number of alkyl halides is 4. The van der Waals surface area contributed by atoms with Crippen LogP contribution in [0.5, 0.6) is 0 Å². The van der Waals surface area contributed by atoms with Crippen molar-refractivity contribution in [1.29, 1.82) is 0 Å². The van der Waals surface area contributed by atoms with E-state index in [-0.39, 0.29) is 5.56 Å². The summed E-state index contributed by atoms with van der Waals surface area (Å²) >= 11 is 3.12. The molecule has 1 aromatic carbocycles. The van der Waals surface area contributed by atoms with Crippen molar-refractivity contribution in [3.05, 3.63) is 39.4 Å². The summed E-state index contributed by atoms with van der Waals surface area (Å²) in [5, 5.41) is 11.1. The lowest BCUT2D eigenvalue weighted by Crippen LogP contribution is -2.06. The Morgan fingerprint density at radius 2 is 2.00 bits per heavy atom. The van der Waals surface area contributed by atoms with Crippen LogP contribution in [0.1, 0.15) is 17.5 Å². The van der Waals surface area contributed by atoms with E-state index in [1.165, 1.54) is 0 Å². The van der Waals surface area contributed by atoms with Crippen molar-refractivity contribution in [2.24, 2.45) is 0 Å². The van der Waals surface area contributed by atoms with E-state index in [2.05, 4.69) is 27.8 Å². The van der Waals surface area contributed by atoms with E-state index in [1.54, 1.807) is 0 Å². The third kappa shape index (κ3) is 4.04. The minimum atomic E-state index is -4.63. The molecule has 0 atom stereocenters. The molecule has 0 amide bonds. The van der Waals surface area contributed by atoms with Crippen molar-refractivity contribution in [1.82, 2.24) is 0 Å². The Morgan fingerprint density at radius 1 is 1.33 bits per heavy atom. The molecule has 0 aromatic heterocycles. The van der Waals surface area contributed by atoms with Crippen LogP contribution in [0.25, 0.3) is 0 Å². The number of nitro groups is 1. The lowest BCUT2D eigenvalue weighted by atomic mass is 10.1. The molecule has 18 heavy (non-hydrogen) atoms. The van der Waals surface area contributed by atoms with Gasteiger partial charge in [-0.1, -0.05) is 27.8 Å². The Morgan fingerprint density at radius 3 is 2.50 bits per heavy atom. The van der Waals surface area contributed by atoms with Crippen molar-refractivity contribution in [3.63, 3.8) is 0 Å². The van der Waals surface area contributed by atoms with Gasteiger partial charge in [0.2, 0.25) is 0 Å². The molecule has 1 aromatic rings. The summed E-state index contributed by atoms with van der Waals surface area (Å²) in [6.07, 6.45) is -4.18. The van der Waals surface area contributed by atoms with Gasteiger partial charge in [0.1, 0.15) is 0 Å². The van der Waals surface area contributed by atoms with E-state index in [0.717, 1.165) is 12.1 Å². The van der Waals surface area contributed by atoms with Crippen molar-refractivity contribution in [2.45, 2.75) is 12.6 Å². The van der Waals surface area contributed by atoms with Gasteiger partial charge in [-0.2, -0.15) is 13.2 Å². The van der Waals surface area contributed by atoms with Crippen molar-refractivity contribution >= 4 is 21.6 Å². The standard InChI is InChI=1S/C11H7BrF3NO2/c12-4-2-1-3-8-5-9(11(13,14)15)7-10(6-8)16(17)18/h5-7H,2,4H2. The topological polar surface area (TPSA) is 43.1 Å². The summed E-state index contributed by atoms with van der Waals surface area (Å²) in [7, 11) is 0. The Bertz CT molecular complexity index is 517. The normalized spacial score (nSPS) is 10.7. The smallest absolute Gasteiger partial charge is 0.258 e.